The predicted octanol–water partition coefficient (Wildman–Crippen LogP) is 6.62. The maximum Gasteiger partial charge on any atom is 0.405 e. The number of nitrogen functional groups attached to an aromatic ring is 1. The van der Waals surface area contributed by atoms with E-state index < -0.39 is 30.4 Å². The summed E-state index contributed by atoms with van der Waals surface area (Å²) >= 11 is 9.87. The van der Waals surface area contributed by atoms with Crippen LogP contribution in [0.15, 0.2) is 65.5 Å². The van der Waals surface area contributed by atoms with Gasteiger partial charge in [-0.2, -0.15) is 13.2 Å². The Morgan fingerprint density at radius 1 is 1.15 bits per heavy atom. The van der Waals surface area contributed by atoms with Crippen LogP contribution in [-0.2, 0) is 11.8 Å². The van der Waals surface area contributed by atoms with Crippen LogP contribution in [0.25, 0.3) is 33.3 Å². The van der Waals surface area contributed by atoms with Gasteiger partial charge in [-0.1, -0.05) is 36.4 Å². The zero-order valence-corrected chi connectivity index (χ0v) is 22.4. The summed E-state index contributed by atoms with van der Waals surface area (Å²) in [4.78, 5) is 28.2. The standard InChI is InChI=1S/C26H19BrClF4N5O2/c1-12(29)24(38)36-15-6-3-13(4-7-15)21-19(20-22(37(21)2)17(27)10-34-23(20)33)14-5-8-16(18(28)9-14)25(39)35-11-26(30,31)32/h3-10H,1,11H2,2H3,(H2,33,34)(H,35,39)(H,36,38). The lowest BCUT2D eigenvalue weighted by Crippen LogP contribution is -2.33. The van der Waals surface area contributed by atoms with Gasteiger partial charge in [-0.05, 0) is 51.3 Å². The van der Waals surface area contributed by atoms with Gasteiger partial charge in [-0.3, -0.25) is 9.59 Å². The molecule has 0 saturated carbocycles. The van der Waals surface area contributed by atoms with Gasteiger partial charge >= 0.3 is 6.18 Å². The fourth-order valence-corrected chi connectivity index (χ4v) is 4.96. The molecule has 0 bridgehead atoms. The molecule has 2 aromatic carbocycles. The number of nitrogens with two attached hydrogens (primary N) is 1. The zero-order valence-electron chi connectivity index (χ0n) is 20.1. The Morgan fingerprint density at radius 3 is 2.38 bits per heavy atom. The molecule has 13 heteroatoms. The number of hydrogen-bond donors (Lipinski definition) is 3. The molecule has 2 aromatic heterocycles. The van der Waals surface area contributed by atoms with Crippen LogP contribution in [0.1, 0.15) is 10.4 Å². The number of aryl methyl sites for hydroxylation is 1. The van der Waals surface area contributed by atoms with E-state index in [0.717, 1.165) is 0 Å². The van der Waals surface area contributed by atoms with Crippen molar-refractivity contribution in [2.45, 2.75) is 6.18 Å². The van der Waals surface area contributed by atoms with Gasteiger partial charge in [0.15, 0.2) is 5.83 Å². The topological polar surface area (TPSA) is 102 Å². The second kappa shape index (κ2) is 10.7. The third-order valence-electron chi connectivity index (χ3n) is 5.81. The number of nitrogens with one attached hydrogen (secondary N) is 2. The summed E-state index contributed by atoms with van der Waals surface area (Å²) in [5, 5.41) is 4.69. The third-order valence-corrected chi connectivity index (χ3v) is 6.70. The number of hydrogen-bond acceptors (Lipinski definition) is 4. The Labute approximate surface area is 232 Å². The molecule has 0 atom stereocenters. The number of rotatable bonds is 6. The minimum Gasteiger partial charge on any atom is -0.383 e. The second-order valence-electron chi connectivity index (χ2n) is 8.43. The summed E-state index contributed by atoms with van der Waals surface area (Å²) in [7, 11) is 1.80. The Bertz CT molecular complexity index is 1630. The summed E-state index contributed by atoms with van der Waals surface area (Å²) in [6.45, 7) is 1.47. The van der Waals surface area contributed by atoms with Gasteiger partial charge in [0.05, 0.1) is 31.7 Å². The molecule has 2 amide bonds. The number of aromatic nitrogens is 2. The molecule has 4 rings (SSSR count). The molecule has 4 N–H and O–H groups in total. The van der Waals surface area contributed by atoms with Gasteiger partial charge < -0.3 is 20.9 Å². The molecule has 0 unspecified atom stereocenters. The van der Waals surface area contributed by atoms with Crippen LogP contribution in [0, 0.1) is 0 Å². The van der Waals surface area contributed by atoms with Gasteiger partial charge in [0.1, 0.15) is 12.4 Å². The van der Waals surface area contributed by atoms with Crippen LogP contribution in [0.3, 0.4) is 0 Å². The van der Waals surface area contributed by atoms with Crippen LogP contribution in [0.2, 0.25) is 5.02 Å². The van der Waals surface area contributed by atoms with Gasteiger partial charge in [0.25, 0.3) is 11.8 Å². The number of halogens is 6. The van der Waals surface area contributed by atoms with Crippen molar-refractivity contribution in [2.24, 2.45) is 7.05 Å². The molecule has 39 heavy (non-hydrogen) atoms. The molecule has 0 radical (unpaired) electrons. The van der Waals surface area contributed by atoms with E-state index in [9.17, 15) is 27.2 Å². The third kappa shape index (κ3) is 5.76. The Hall–Kier alpha value is -3.90. The molecule has 0 saturated heterocycles. The summed E-state index contributed by atoms with van der Waals surface area (Å²) < 4.78 is 53.3. The molecular formula is C26H19BrClF4N5O2. The van der Waals surface area contributed by atoms with Gasteiger partial charge in [-0.25, -0.2) is 9.37 Å². The first kappa shape index (κ1) is 28.1. The van der Waals surface area contributed by atoms with E-state index in [1.807, 2.05) is 4.57 Å². The lowest BCUT2D eigenvalue weighted by molar-refractivity contribution is -0.123. The lowest BCUT2D eigenvalue weighted by Gasteiger charge is -2.13. The molecule has 0 aliphatic rings. The molecule has 2 heterocycles. The molecular weight excluding hydrogens is 606 g/mol. The summed E-state index contributed by atoms with van der Waals surface area (Å²) in [5.74, 6) is -2.86. The van der Waals surface area contributed by atoms with Crippen molar-refractivity contribution in [2.75, 3.05) is 17.6 Å². The van der Waals surface area contributed by atoms with E-state index in [2.05, 4.69) is 32.8 Å². The number of carbonyl (C=O) groups excluding carboxylic acids is 2. The zero-order chi connectivity index (χ0) is 28.6. The normalized spacial score (nSPS) is 11.5. The number of nitrogens with zero attached hydrogens (tertiary/aromatic N) is 2. The van der Waals surface area contributed by atoms with Crippen molar-refractivity contribution < 1.29 is 27.2 Å². The molecule has 4 aromatic rings. The van der Waals surface area contributed by atoms with Crippen LogP contribution in [0.5, 0.6) is 0 Å². The van der Waals surface area contributed by atoms with E-state index >= 15 is 0 Å². The highest BCUT2D eigenvalue weighted by Crippen LogP contribution is 2.45. The summed E-state index contributed by atoms with van der Waals surface area (Å²) in [6.07, 6.45) is -3.02. The van der Waals surface area contributed by atoms with E-state index in [0.29, 0.717) is 43.4 Å². The first-order valence-corrected chi connectivity index (χ1v) is 12.3. The maximum absolute atomic E-state index is 13.1. The first-order valence-electron chi connectivity index (χ1n) is 11.1. The monoisotopic (exact) mass is 623 g/mol. The molecule has 7 nitrogen and oxygen atoms in total. The number of benzene rings is 2. The number of carbonyl (C=O) groups is 2. The van der Waals surface area contributed by atoms with Crippen molar-refractivity contribution in [1.29, 1.82) is 0 Å². The van der Waals surface area contributed by atoms with Crippen molar-refractivity contribution in [3.63, 3.8) is 0 Å². The minimum atomic E-state index is -4.57. The molecule has 202 valence electrons. The SMILES string of the molecule is C=C(F)C(=O)Nc1ccc(-c2c(-c3ccc(C(=O)NCC(F)(F)F)c(Cl)c3)c3c(N)ncc(Br)c3n2C)cc1. The number of alkyl halides is 3. The Balaban J connectivity index is 1.86. The van der Waals surface area contributed by atoms with Crippen LogP contribution < -0.4 is 16.4 Å². The number of anilines is 2. The highest BCUT2D eigenvalue weighted by molar-refractivity contribution is 9.10. The fourth-order valence-electron chi connectivity index (χ4n) is 4.12. The largest absolute Gasteiger partial charge is 0.405 e. The van der Waals surface area contributed by atoms with E-state index in [4.69, 9.17) is 17.3 Å². The molecule has 0 aliphatic heterocycles. The van der Waals surface area contributed by atoms with Gasteiger partial charge in [0.2, 0.25) is 0 Å². The Kier molecular flexibility index (Phi) is 7.71. The molecule has 0 aliphatic carbocycles. The van der Waals surface area contributed by atoms with E-state index in [1.54, 1.807) is 48.9 Å². The van der Waals surface area contributed by atoms with Crippen LogP contribution in [0.4, 0.5) is 29.1 Å². The van der Waals surface area contributed by atoms with Crippen molar-refractivity contribution in [3.8, 4) is 22.4 Å². The number of pyridine rings is 1. The van der Waals surface area contributed by atoms with Crippen molar-refractivity contribution in [3.05, 3.63) is 76.1 Å². The Morgan fingerprint density at radius 2 is 1.79 bits per heavy atom. The van der Waals surface area contributed by atoms with Crippen molar-refractivity contribution in [1.82, 2.24) is 14.9 Å². The average molecular weight is 625 g/mol. The van der Waals surface area contributed by atoms with E-state index in [-0.39, 0.29) is 16.4 Å². The number of amides is 2. The summed E-state index contributed by atoms with van der Waals surface area (Å²) in [6, 6.07) is 10.9. The highest BCUT2D eigenvalue weighted by Gasteiger charge is 2.29. The smallest absolute Gasteiger partial charge is 0.383 e. The van der Waals surface area contributed by atoms with Crippen LogP contribution in [-0.4, -0.2) is 34.1 Å². The molecule has 0 spiro atoms. The second-order valence-corrected chi connectivity index (χ2v) is 9.69. The summed E-state index contributed by atoms with van der Waals surface area (Å²) in [5.41, 5.74) is 9.63. The van der Waals surface area contributed by atoms with Gasteiger partial charge in [-0.15, -0.1) is 0 Å². The van der Waals surface area contributed by atoms with E-state index in [1.165, 1.54) is 12.1 Å². The lowest BCUT2D eigenvalue weighted by atomic mass is 9.97. The maximum atomic E-state index is 13.1. The van der Waals surface area contributed by atoms with Crippen LogP contribution >= 0.6 is 27.5 Å². The predicted molar refractivity (Wildman–Crippen MR) is 146 cm³/mol. The quantitative estimate of drug-likeness (QED) is 0.166. The minimum absolute atomic E-state index is 0.0684. The first-order chi connectivity index (χ1) is 18.3. The fraction of sp³-hybridized carbons (Fsp3) is 0.115. The van der Waals surface area contributed by atoms with Crippen molar-refractivity contribution >= 4 is 61.8 Å². The number of fused-ring (bicyclic) bond motifs is 1. The highest BCUT2D eigenvalue weighted by atomic mass is 79.9. The average Bonchev–Trinajstić information content (AvgIpc) is 3.18. The van der Waals surface area contributed by atoms with Gasteiger partial charge in [0, 0.05) is 24.5 Å². The molecule has 0 fully saturated rings.